The van der Waals surface area contributed by atoms with Crippen LogP contribution in [-0.2, 0) is 14.4 Å². The third-order valence-electron chi connectivity index (χ3n) is 7.71. The number of nitrogens with one attached hydrogen (secondary N) is 2. The minimum Gasteiger partial charge on any atom is -0.351 e. The molecule has 10 nitrogen and oxygen atoms in total. The molecule has 1 unspecified atom stereocenters. The molecule has 6 rings (SSSR count). The van der Waals surface area contributed by atoms with Crippen molar-refractivity contribution in [3.63, 3.8) is 0 Å². The lowest BCUT2D eigenvalue weighted by molar-refractivity contribution is -0.133. The van der Waals surface area contributed by atoms with Crippen molar-refractivity contribution in [2.45, 2.75) is 57.2 Å². The molecule has 3 amide bonds. The first kappa shape index (κ1) is 30.6. The number of rotatable bonds is 7. The first-order chi connectivity index (χ1) is 20.7. The van der Waals surface area contributed by atoms with Crippen LogP contribution in [0, 0.1) is 11.3 Å². The van der Waals surface area contributed by atoms with Crippen LogP contribution < -0.4 is 15.1 Å². The molecule has 0 bridgehead atoms. The number of hydrogen-bond acceptors (Lipinski definition) is 6. The largest absolute Gasteiger partial charge is 0.351 e. The van der Waals surface area contributed by atoms with E-state index in [2.05, 4.69) is 20.5 Å². The number of hydrogen-bond donors (Lipinski definition) is 2. The van der Waals surface area contributed by atoms with E-state index in [9.17, 15) is 28.4 Å². The van der Waals surface area contributed by atoms with E-state index in [1.165, 1.54) is 28.1 Å². The molecule has 1 aliphatic heterocycles. The Hall–Kier alpha value is -4.89. The lowest BCUT2D eigenvalue weighted by Crippen LogP contribution is -2.56. The van der Waals surface area contributed by atoms with Crippen LogP contribution in [0.15, 0.2) is 67.0 Å². The Morgan fingerprint density at radius 1 is 1.18 bits per heavy atom. The van der Waals surface area contributed by atoms with Crippen molar-refractivity contribution in [2.24, 2.45) is 0 Å². The van der Waals surface area contributed by atoms with Gasteiger partial charge in [-0.1, -0.05) is 49.4 Å². The van der Waals surface area contributed by atoms with Crippen molar-refractivity contribution in [3.8, 4) is 6.07 Å². The number of amides is 3. The highest BCUT2D eigenvalue weighted by atomic mass is 35.5. The van der Waals surface area contributed by atoms with E-state index in [0.29, 0.717) is 10.9 Å². The standard InChI is InChI=1S/C30H24ClF2N7O3.CH4/c31-21-6-2-1-5-20(21)27(28(42)37-19-13-30(32,33)14-19)40(22-7-3-4-18-16-36-38-26(18)22)29(43)23-8-9-25(41)39(23)24-12-17(15-34)10-11-35-24;/h1-7,10-12,16,19,23,27H,8-9,13-14H2,(H,36,38)(H,37,42);1H4/t23-,27?;/m0./s1. The van der Waals surface area contributed by atoms with Crippen LogP contribution >= 0.6 is 11.6 Å². The van der Waals surface area contributed by atoms with Gasteiger partial charge in [-0.3, -0.25) is 29.3 Å². The highest BCUT2D eigenvalue weighted by Gasteiger charge is 2.49. The molecular weight excluding hydrogens is 592 g/mol. The number of alkyl halides is 2. The second-order valence-electron chi connectivity index (χ2n) is 10.5. The monoisotopic (exact) mass is 619 g/mol. The normalized spacial score (nSPS) is 18.2. The molecule has 1 saturated carbocycles. The van der Waals surface area contributed by atoms with Crippen LogP contribution in [0.4, 0.5) is 20.3 Å². The zero-order valence-electron chi connectivity index (χ0n) is 22.5. The van der Waals surface area contributed by atoms with Gasteiger partial charge in [0.15, 0.2) is 0 Å². The predicted molar refractivity (Wildman–Crippen MR) is 160 cm³/mol. The van der Waals surface area contributed by atoms with Gasteiger partial charge in [-0.25, -0.2) is 13.8 Å². The summed E-state index contributed by atoms with van der Waals surface area (Å²) in [7, 11) is 0. The Morgan fingerprint density at radius 2 is 1.95 bits per heavy atom. The summed E-state index contributed by atoms with van der Waals surface area (Å²) >= 11 is 6.60. The topological polar surface area (TPSA) is 135 Å². The van der Waals surface area contributed by atoms with Gasteiger partial charge in [-0.15, -0.1) is 0 Å². The number of aromatic nitrogens is 3. The van der Waals surface area contributed by atoms with E-state index < -0.39 is 48.7 Å². The molecule has 13 heteroatoms. The number of halogens is 3. The van der Waals surface area contributed by atoms with Gasteiger partial charge in [-0.05, 0) is 30.7 Å². The van der Waals surface area contributed by atoms with Gasteiger partial charge in [0.05, 0.1) is 29.0 Å². The van der Waals surface area contributed by atoms with Crippen LogP contribution in [0.5, 0.6) is 0 Å². The SMILES string of the molecule is C.N#Cc1ccnc(N2C(=O)CC[C@H]2C(=O)N(c2cccc3cn[nH]c23)C(C(=O)NC2CC(F)(F)C2)c2ccccc2Cl)c1. The fourth-order valence-corrected chi connectivity index (χ4v) is 5.90. The molecule has 2 aromatic heterocycles. The van der Waals surface area contributed by atoms with Crippen molar-refractivity contribution in [1.29, 1.82) is 5.26 Å². The molecule has 0 spiro atoms. The number of H-pyrrole nitrogens is 1. The summed E-state index contributed by atoms with van der Waals surface area (Å²) in [5.41, 5.74) is 1.23. The molecular formula is C31H28ClF2N7O3. The van der Waals surface area contributed by atoms with Crippen LogP contribution in [0.1, 0.15) is 50.3 Å². The van der Waals surface area contributed by atoms with Gasteiger partial charge in [0.25, 0.3) is 11.8 Å². The molecule has 44 heavy (non-hydrogen) atoms. The molecule has 2 atom stereocenters. The van der Waals surface area contributed by atoms with Crippen molar-refractivity contribution < 1.29 is 23.2 Å². The summed E-state index contributed by atoms with van der Waals surface area (Å²) in [5.74, 6) is -4.48. The molecule has 1 saturated heterocycles. The maximum Gasteiger partial charge on any atom is 0.252 e. The molecule has 2 aromatic carbocycles. The molecule has 226 valence electrons. The first-order valence-electron chi connectivity index (χ1n) is 13.5. The zero-order chi connectivity index (χ0) is 30.3. The van der Waals surface area contributed by atoms with Crippen LogP contribution in [0.25, 0.3) is 10.9 Å². The molecule has 2 fully saturated rings. The Bertz CT molecular complexity index is 1780. The third kappa shape index (κ3) is 5.58. The van der Waals surface area contributed by atoms with Gasteiger partial charge < -0.3 is 5.32 Å². The van der Waals surface area contributed by atoms with Crippen LogP contribution in [-0.4, -0.2) is 50.9 Å². The van der Waals surface area contributed by atoms with E-state index >= 15 is 0 Å². The summed E-state index contributed by atoms with van der Waals surface area (Å²) in [4.78, 5) is 48.7. The number of carbonyl (C=O) groups excluding carboxylic acids is 3. The summed E-state index contributed by atoms with van der Waals surface area (Å²) in [6, 6.07) is 13.2. The maximum absolute atomic E-state index is 14.8. The average Bonchev–Trinajstić information content (AvgIpc) is 3.62. The van der Waals surface area contributed by atoms with E-state index in [1.54, 1.807) is 48.7 Å². The Morgan fingerprint density at radius 3 is 2.68 bits per heavy atom. The number of anilines is 2. The average molecular weight is 620 g/mol. The lowest BCUT2D eigenvalue weighted by atomic mass is 9.87. The first-order valence-corrected chi connectivity index (χ1v) is 13.9. The molecule has 2 N–H and O–H groups in total. The number of carbonyl (C=O) groups is 3. The molecule has 1 aliphatic carbocycles. The summed E-state index contributed by atoms with van der Waals surface area (Å²) in [6.45, 7) is 0. The van der Waals surface area contributed by atoms with Gasteiger partial charge in [-0.2, -0.15) is 10.4 Å². The Kier molecular flexibility index (Phi) is 8.34. The summed E-state index contributed by atoms with van der Waals surface area (Å²) in [5, 5.41) is 19.9. The highest BCUT2D eigenvalue weighted by Crippen LogP contribution is 2.40. The Labute approximate surface area is 256 Å². The van der Waals surface area contributed by atoms with E-state index in [0.717, 1.165) is 0 Å². The third-order valence-corrected chi connectivity index (χ3v) is 8.06. The van der Waals surface area contributed by atoms with Gasteiger partial charge in [0.2, 0.25) is 11.8 Å². The minimum atomic E-state index is -2.88. The van der Waals surface area contributed by atoms with Gasteiger partial charge in [0.1, 0.15) is 17.9 Å². The maximum atomic E-state index is 14.8. The number of benzene rings is 2. The van der Waals surface area contributed by atoms with E-state index in [1.807, 2.05) is 6.07 Å². The number of aromatic amines is 1. The van der Waals surface area contributed by atoms with Crippen molar-refractivity contribution in [3.05, 3.63) is 83.1 Å². The number of para-hydroxylation sites is 1. The van der Waals surface area contributed by atoms with Crippen molar-refractivity contribution in [1.82, 2.24) is 20.5 Å². The highest BCUT2D eigenvalue weighted by molar-refractivity contribution is 6.32. The molecule has 3 heterocycles. The fraction of sp³-hybridized carbons (Fsp3) is 0.290. The second-order valence-corrected chi connectivity index (χ2v) is 11.0. The van der Waals surface area contributed by atoms with Crippen LogP contribution in [0.3, 0.4) is 0 Å². The lowest BCUT2D eigenvalue weighted by Gasteiger charge is -2.39. The summed E-state index contributed by atoms with van der Waals surface area (Å²) < 4.78 is 27.4. The number of fused-ring (bicyclic) bond motifs is 1. The number of pyridine rings is 1. The molecule has 0 radical (unpaired) electrons. The van der Waals surface area contributed by atoms with Gasteiger partial charge in [0, 0.05) is 47.5 Å². The minimum absolute atomic E-state index is 0. The van der Waals surface area contributed by atoms with Crippen molar-refractivity contribution in [2.75, 3.05) is 9.80 Å². The van der Waals surface area contributed by atoms with E-state index in [-0.39, 0.29) is 53.8 Å². The molecule has 2 aliphatic rings. The fourth-order valence-electron chi connectivity index (χ4n) is 5.66. The van der Waals surface area contributed by atoms with Gasteiger partial charge >= 0.3 is 0 Å². The predicted octanol–water partition coefficient (Wildman–Crippen LogP) is 5.30. The summed E-state index contributed by atoms with van der Waals surface area (Å²) in [6.07, 6.45) is 2.02. The van der Waals surface area contributed by atoms with Crippen molar-refractivity contribution >= 4 is 51.7 Å². The molecule has 4 aromatic rings. The second kappa shape index (κ2) is 12.0. The van der Waals surface area contributed by atoms with E-state index in [4.69, 9.17) is 11.6 Å². The quantitative estimate of drug-likeness (QED) is 0.288. The zero-order valence-corrected chi connectivity index (χ0v) is 23.3. The smallest absolute Gasteiger partial charge is 0.252 e. The number of nitrogens with zero attached hydrogens (tertiary/aromatic N) is 5. The Balaban J connectivity index is 0.00000384. The van der Waals surface area contributed by atoms with Crippen LogP contribution in [0.2, 0.25) is 5.02 Å². The number of nitriles is 1.